The minimum atomic E-state index is -0.697. The molecule has 0 aliphatic rings. The van der Waals surface area contributed by atoms with Crippen molar-refractivity contribution in [2.75, 3.05) is 13.2 Å². The lowest BCUT2D eigenvalue weighted by molar-refractivity contribution is -0.137. The van der Waals surface area contributed by atoms with Gasteiger partial charge in [-0.25, -0.2) is 0 Å². The van der Waals surface area contributed by atoms with Crippen molar-refractivity contribution in [1.82, 2.24) is 5.32 Å². The first-order valence-electron chi connectivity index (χ1n) is 10.2. The number of carboxylic acids is 1. The van der Waals surface area contributed by atoms with Crippen molar-refractivity contribution < 1.29 is 19.4 Å². The number of aliphatic carboxylic acids is 1. The van der Waals surface area contributed by atoms with Crippen molar-refractivity contribution in [3.8, 4) is 0 Å². The molecule has 0 bridgehead atoms. The smallest absolute Gasteiger partial charge is 0.303 e. The van der Waals surface area contributed by atoms with Crippen LogP contribution in [-0.2, 0) is 14.3 Å². The van der Waals surface area contributed by atoms with Gasteiger partial charge in [-0.05, 0) is 32.6 Å². The summed E-state index contributed by atoms with van der Waals surface area (Å²) < 4.78 is 5.66. The molecule has 0 aromatic heterocycles. The Bertz CT molecular complexity index is 334. The Balaban J connectivity index is 3.29. The van der Waals surface area contributed by atoms with Crippen LogP contribution in [0.25, 0.3) is 0 Å². The molecule has 0 aromatic carbocycles. The van der Waals surface area contributed by atoms with Crippen LogP contribution >= 0.6 is 0 Å². The molecule has 2 N–H and O–H groups in total. The number of amides is 1. The summed E-state index contributed by atoms with van der Waals surface area (Å²) in [6.45, 7) is 5.72. The van der Waals surface area contributed by atoms with Gasteiger partial charge in [-0.15, -0.1) is 0 Å². The molecule has 5 heteroatoms. The Morgan fingerprint density at radius 3 is 2.04 bits per heavy atom. The van der Waals surface area contributed by atoms with E-state index in [4.69, 9.17) is 9.84 Å². The van der Waals surface area contributed by atoms with Crippen molar-refractivity contribution in [3.63, 3.8) is 0 Å². The van der Waals surface area contributed by atoms with Crippen molar-refractivity contribution >= 4 is 11.9 Å². The molecule has 25 heavy (non-hydrogen) atoms. The summed E-state index contributed by atoms with van der Waals surface area (Å²) in [5.74, 6) is -0.550. The van der Waals surface area contributed by atoms with Gasteiger partial charge in [0.05, 0.1) is 6.10 Å². The molecule has 0 saturated carbocycles. The highest BCUT2D eigenvalue weighted by atomic mass is 16.5. The Labute approximate surface area is 153 Å². The largest absolute Gasteiger partial charge is 0.481 e. The van der Waals surface area contributed by atoms with E-state index in [2.05, 4.69) is 19.2 Å². The highest BCUT2D eigenvalue weighted by Gasteiger charge is 2.04. The third-order valence-electron chi connectivity index (χ3n) is 4.32. The average Bonchev–Trinajstić information content (AvgIpc) is 2.56. The molecule has 0 aliphatic carbocycles. The first-order chi connectivity index (χ1) is 12.1. The zero-order valence-corrected chi connectivity index (χ0v) is 16.4. The molecule has 0 heterocycles. The normalized spacial score (nSPS) is 12.1. The standard InChI is InChI=1S/C20H39NO4/c1-3-4-17-25-18(2)15-16-21-19(22)13-11-9-7-5-6-8-10-12-14-20(23)24/h18H,3-17H2,1-2H3,(H,21,22)(H,23,24). The van der Waals surface area contributed by atoms with E-state index in [1.54, 1.807) is 0 Å². The monoisotopic (exact) mass is 357 g/mol. The summed E-state index contributed by atoms with van der Waals surface area (Å²) in [5, 5.41) is 11.5. The molecule has 0 fully saturated rings. The highest BCUT2D eigenvalue weighted by Crippen LogP contribution is 2.10. The summed E-state index contributed by atoms with van der Waals surface area (Å²) in [5.41, 5.74) is 0. The molecule has 1 atom stereocenters. The fourth-order valence-electron chi connectivity index (χ4n) is 2.64. The van der Waals surface area contributed by atoms with Gasteiger partial charge in [0.15, 0.2) is 0 Å². The lowest BCUT2D eigenvalue weighted by Crippen LogP contribution is -2.27. The molecule has 0 aliphatic heterocycles. The van der Waals surface area contributed by atoms with Crippen molar-refractivity contribution in [3.05, 3.63) is 0 Å². The van der Waals surface area contributed by atoms with Crippen LogP contribution in [0.2, 0.25) is 0 Å². The molecule has 0 aromatic rings. The number of carbonyl (C=O) groups is 2. The van der Waals surface area contributed by atoms with E-state index in [1.807, 2.05) is 0 Å². The number of ether oxygens (including phenoxy) is 1. The Morgan fingerprint density at radius 1 is 0.920 bits per heavy atom. The number of carbonyl (C=O) groups excluding carboxylic acids is 1. The summed E-state index contributed by atoms with van der Waals surface area (Å²) in [6, 6.07) is 0. The van der Waals surface area contributed by atoms with E-state index < -0.39 is 5.97 Å². The summed E-state index contributed by atoms with van der Waals surface area (Å²) in [4.78, 5) is 22.1. The second-order valence-electron chi connectivity index (χ2n) is 6.90. The summed E-state index contributed by atoms with van der Waals surface area (Å²) in [6.07, 6.45) is 12.7. The van der Waals surface area contributed by atoms with Crippen molar-refractivity contribution in [2.24, 2.45) is 0 Å². The molecule has 0 radical (unpaired) electrons. The molecule has 0 spiro atoms. The van der Waals surface area contributed by atoms with Gasteiger partial charge >= 0.3 is 5.97 Å². The maximum Gasteiger partial charge on any atom is 0.303 e. The van der Waals surface area contributed by atoms with E-state index in [0.717, 1.165) is 64.4 Å². The number of nitrogens with one attached hydrogen (secondary N) is 1. The molecule has 1 amide bonds. The molecular formula is C20H39NO4. The van der Waals surface area contributed by atoms with Crippen LogP contribution in [0.4, 0.5) is 0 Å². The third kappa shape index (κ3) is 19.1. The molecule has 148 valence electrons. The van der Waals surface area contributed by atoms with Gasteiger partial charge in [0, 0.05) is 26.0 Å². The van der Waals surface area contributed by atoms with Gasteiger partial charge in [-0.2, -0.15) is 0 Å². The maximum atomic E-state index is 11.7. The second kappa shape index (κ2) is 17.7. The fraction of sp³-hybridized carbons (Fsp3) is 0.900. The molecular weight excluding hydrogens is 318 g/mol. The van der Waals surface area contributed by atoms with Gasteiger partial charge in [0.25, 0.3) is 0 Å². The predicted octanol–water partition coefficient (Wildman–Crippen LogP) is 4.68. The van der Waals surface area contributed by atoms with Crippen molar-refractivity contribution in [1.29, 1.82) is 0 Å². The minimum Gasteiger partial charge on any atom is -0.481 e. The Morgan fingerprint density at radius 2 is 1.48 bits per heavy atom. The zero-order valence-electron chi connectivity index (χ0n) is 16.4. The lowest BCUT2D eigenvalue weighted by Gasteiger charge is -2.13. The molecule has 0 rings (SSSR count). The zero-order chi connectivity index (χ0) is 18.8. The van der Waals surface area contributed by atoms with Crippen LogP contribution in [0.3, 0.4) is 0 Å². The van der Waals surface area contributed by atoms with Crippen LogP contribution in [0.5, 0.6) is 0 Å². The van der Waals surface area contributed by atoms with E-state index in [-0.39, 0.29) is 12.0 Å². The van der Waals surface area contributed by atoms with Crippen molar-refractivity contribution in [2.45, 2.75) is 103 Å². The number of carboxylic acid groups (broad SMARTS) is 1. The molecule has 1 unspecified atom stereocenters. The third-order valence-corrected chi connectivity index (χ3v) is 4.32. The number of hydrogen-bond donors (Lipinski definition) is 2. The van der Waals surface area contributed by atoms with Gasteiger partial charge in [-0.1, -0.05) is 51.9 Å². The first kappa shape index (κ1) is 23.9. The highest BCUT2D eigenvalue weighted by molar-refractivity contribution is 5.75. The minimum absolute atomic E-state index is 0.148. The maximum absolute atomic E-state index is 11.7. The predicted molar refractivity (Wildman–Crippen MR) is 102 cm³/mol. The van der Waals surface area contributed by atoms with E-state index >= 15 is 0 Å². The quantitative estimate of drug-likeness (QED) is 0.349. The lowest BCUT2D eigenvalue weighted by atomic mass is 10.1. The topological polar surface area (TPSA) is 75.6 Å². The average molecular weight is 358 g/mol. The van der Waals surface area contributed by atoms with Gasteiger partial charge in [0.2, 0.25) is 5.91 Å². The van der Waals surface area contributed by atoms with E-state index in [1.165, 1.54) is 12.8 Å². The number of rotatable bonds is 18. The van der Waals surface area contributed by atoms with Crippen LogP contribution in [-0.4, -0.2) is 36.2 Å². The van der Waals surface area contributed by atoms with Gasteiger partial charge in [-0.3, -0.25) is 9.59 Å². The van der Waals surface area contributed by atoms with Crippen LogP contribution < -0.4 is 5.32 Å². The Kier molecular flexibility index (Phi) is 16.9. The first-order valence-corrected chi connectivity index (χ1v) is 10.2. The van der Waals surface area contributed by atoms with E-state index in [0.29, 0.717) is 19.4 Å². The molecule has 0 saturated heterocycles. The van der Waals surface area contributed by atoms with E-state index in [9.17, 15) is 9.59 Å². The SMILES string of the molecule is CCCCOC(C)CCNC(=O)CCCCCCCCCCC(=O)O. The fourth-order valence-corrected chi connectivity index (χ4v) is 2.64. The molecule has 5 nitrogen and oxygen atoms in total. The van der Waals surface area contributed by atoms with Crippen LogP contribution in [0, 0.1) is 0 Å². The van der Waals surface area contributed by atoms with Gasteiger partial charge in [0.1, 0.15) is 0 Å². The summed E-state index contributed by atoms with van der Waals surface area (Å²) in [7, 11) is 0. The van der Waals surface area contributed by atoms with Crippen LogP contribution in [0.1, 0.15) is 97.3 Å². The van der Waals surface area contributed by atoms with Gasteiger partial charge < -0.3 is 15.2 Å². The summed E-state index contributed by atoms with van der Waals surface area (Å²) >= 11 is 0. The number of unbranched alkanes of at least 4 members (excludes halogenated alkanes) is 8. The number of hydrogen-bond acceptors (Lipinski definition) is 3. The second-order valence-corrected chi connectivity index (χ2v) is 6.90. The Hall–Kier alpha value is -1.10. The van der Waals surface area contributed by atoms with Crippen LogP contribution in [0.15, 0.2) is 0 Å².